The average Bonchev–Trinajstić information content (AvgIpc) is 3.59. The molecule has 2 aliphatic rings. The van der Waals surface area contributed by atoms with E-state index in [9.17, 15) is 9.59 Å². The van der Waals surface area contributed by atoms with Crippen LogP contribution in [0.2, 0.25) is 0 Å². The Labute approximate surface area is 283 Å². The van der Waals surface area contributed by atoms with E-state index in [0.717, 1.165) is 48.3 Å². The molecule has 0 radical (unpaired) electrons. The van der Waals surface area contributed by atoms with E-state index in [-0.39, 0.29) is 17.1 Å². The number of anilines is 2. The largest absolute Gasteiger partial charge is 0.383 e. The van der Waals surface area contributed by atoms with Crippen LogP contribution in [-0.2, 0) is 27.3 Å². The fraction of sp³-hybridized carbons (Fsp3) is 0.324. The van der Waals surface area contributed by atoms with E-state index in [1.165, 1.54) is 0 Å². The molecule has 0 unspecified atom stereocenters. The van der Waals surface area contributed by atoms with Gasteiger partial charge in [0.05, 0.1) is 50.1 Å². The van der Waals surface area contributed by atoms with Crippen LogP contribution >= 0.6 is 0 Å². The first-order valence-corrected chi connectivity index (χ1v) is 16.5. The Morgan fingerprint density at radius 3 is 2.47 bits per heavy atom. The summed E-state index contributed by atoms with van der Waals surface area (Å²) >= 11 is 0. The van der Waals surface area contributed by atoms with Gasteiger partial charge < -0.3 is 29.8 Å². The second kappa shape index (κ2) is 14.5. The highest BCUT2D eigenvalue weighted by atomic mass is 16.6. The van der Waals surface area contributed by atoms with Crippen molar-refractivity contribution in [2.24, 2.45) is 5.92 Å². The molecule has 1 atom stereocenters. The topological polar surface area (TPSA) is 148 Å². The number of aromatic nitrogens is 5. The van der Waals surface area contributed by atoms with Gasteiger partial charge >= 0.3 is 0 Å². The number of benzene rings is 1. The molecule has 2 aliphatic heterocycles. The van der Waals surface area contributed by atoms with Crippen LogP contribution in [-0.4, -0.2) is 69.4 Å². The highest BCUT2D eigenvalue weighted by molar-refractivity contribution is 6.04. The lowest BCUT2D eigenvalue weighted by Crippen LogP contribution is -2.32. The summed E-state index contributed by atoms with van der Waals surface area (Å²) in [5.74, 6) is 0.225. The van der Waals surface area contributed by atoms with Crippen LogP contribution in [0.3, 0.4) is 0 Å². The second-order valence-electron chi connectivity index (χ2n) is 12.6. The van der Waals surface area contributed by atoms with E-state index >= 15 is 0 Å². The minimum atomic E-state index is -0.500. The number of carbonyl (C=O) groups excluding carboxylic acids is 1. The zero-order valence-electron chi connectivity index (χ0n) is 27.4. The van der Waals surface area contributed by atoms with Gasteiger partial charge in [-0.3, -0.25) is 19.3 Å². The second-order valence-corrected chi connectivity index (χ2v) is 12.6. The van der Waals surface area contributed by atoms with Gasteiger partial charge in [0.2, 0.25) is 5.43 Å². The summed E-state index contributed by atoms with van der Waals surface area (Å²) in [6.45, 7) is 6.45. The number of hydrogen-bond donors (Lipinski definition) is 2. The van der Waals surface area contributed by atoms with E-state index in [0.29, 0.717) is 67.2 Å². The number of pyridine rings is 3. The summed E-state index contributed by atoms with van der Waals surface area (Å²) < 4.78 is 20.6. The molecular formula is C37H39N7O5. The zero-order chi connectivity index (χ0) is 33.7. The molecule has 252 valence electrons. The molecule has 6 heterocycles. The maximum absolute atomic E-state index is 13.7. The third-order valence-corrected chi connectivity index (χ3v) is 8.95. The Hall–Kier alpha value is -5.17. The zero-order valence-corrected chi connectivity index (χ0v) is 27.4. The predicted octanol–water partition coefficient (Wildman–Crippen LogP) is 4.82. The minimum Gasteiger partial charge on any atom is -0.383 e. The Morgan fingerprint density at radius 2 is 1.71 bits per heavy atom. The number of hydrogen-bond acceptors (Lipinski definition) is 9. The summed E-state index contributed by atoms with van der Waals surface area (Å²) in [4.78, 5) is 36.3. The molecule has 12 heteroatoms. The number of carbonyl (C=O) groups is 1. The fourth-order valence-electron chi connectivity index (χ4n) is 6.19. The van der Waals surface area contributed by atoms with Crippen molar-refractivity contribution in [3.05, 3.63) is 101 Å². The van der Waals surface area contributed by atoms with Crippen molar-refractivity contribution >= 4 is 17.4 Å². The van der Waals surface area contributed by atoms with E-state index in [2.05, 4.69) is 20.4 Å². The highest BCUT2D eigenvalue weighted by Crippen LogP contribution is 2.29. The van der Waals surface area contributed by atoms with Gasteiger partial charge in [0.25, 0.3) is 5.91 Å². The third kappa shape index (κ3) is 7.62. The first kappa shape index (κ1) is 32.4. The monoisotopic (exact) mass is 661 g/mol. The van der Waals surface area contributed by atoms with Gasteiger partial charge in [-0.15, -0.1) is 0 Å². The molecule has 0 aliphatic carbocycles. The molecule has 0 spiro atoms. The minimum absolute atomic E-state index is 0.0416. The lowest BCUT2D eigenvalue weighted by atomic mass is 9.99. The van der Waals surface area contributed by atoms with E-state index in [1.807, 2.05) is 58.9 Å². The van der Waals surface area contributed by atoms with Crippen molar-refractivity contribution < 1.29 is 19.0 Å². The SMILES string of the molecule is Cc1ccc(-c2cn(CC3CCOCC3)cc(C(=O)Nc3ccc(-c4cc(-c5cnn(C[C@H]6COCCO6)c5)cnc4N)nc3)c2=O)cc1. The van der Waals surface area contributed by atoms with Gasteiger partial charge in [0.15, 0.2) is 0 Å². The van der Waals surface area contributed by atoms with Crippen molar-refractivity contribution in [1.82, 2.24) is 24.3 Å². The lowest BCUT2D eigenvalue weighted by Gasteiger charge is -2.23. The first-order valence-electron chi connectivity index (χ1n) is 16.5. The summed E-state index contributed by atoms with van der Waals surface area (Å²) in [5.41, 5.74) is 11.8. The van der Waals surface area contributed by atoms with Crippen molar-refractivity contribution in [2.75, 3.05) is 44.1 Å². The van der Waals surface area contributed by atoms with Crippen molar-refractivity contribution in [3.63, 3.8) is 0 Å². The Balaban J connectivity index is 1.10. The standard InChI is InChI=1S/C37H39N7O5/c1-24-2-4-26(5-3-24)32-21-43(18-25-8-10-47-11-9-25)22-33(35(32)45)37(46)42-29-6-7-34(39-17-29)31-14-27(15-40-36(31)38)28-16-41-44(19-28)20-30-23-48-12-13-49-30/h2-7,14-17,19,21-22,25,30H,8-13,18,20,23H2,1H3,(H2,38,40)(H,42,46)/t30-/m0/s1. The van der Waals surface area contributed by atoms with Crippen molar-refractivity contribution in [1.29, 1.82) is 0 Å². The summed E-state index contributed by atoms with van der Waals surface area (Å²) in [7, 11) is 0. The van der Waals surface area contributed by atoms with Gasteiger partial charge in [-0.05, 0) is 49.4 Å². The fourth-order valence-corrected chi connectivity index (χ4v) is 6.19. The number of ether oxygens (including phenoxy) is 3. The van der Waals surface area contributed by atoms with Crippen LogP contribution in [0.4, 0.5) is 11.5 Å². The quantitative estimate of drug-likeness (QED) is 0.227. The molecule has 4 aromatic heterocycles. The number of nitrogen functional groups attached to an aromatic ring is 1. The predicted molar refractivity (Wildman–Crippen MR) is 186 cm³/mol. The van der Waals surface area contributed by atoms with Crippen LogP contribution < -0.4 is 16.5 Å². The van der Waals surface area contributed by atoms with Crippen LogP contribution in [0.25, 0.3) is 33.5 Å². The molecule has 0 bridgehead atoms. The first-order chi connectivity index (χ1) is 23.9. The molecule has 7 rings (SSSR count). The van der Waals surface area contributed by atoms with Gasteiger partial charge in [0, 0.05) is 66.8 Å². The molecule has 5 aromatic rings. The molecule has 1 amide bonds. The van der Waals surface area contributed by atoms with Crippen LogP contribution in [0, 0.1) is 12.8 Å². The van der Waals surface area contributed by atoms with Gasteiger partial charge in [-0.25, -0.2) is 4.98 Å². The molecule has 2 saturated heterocycles. The maximum Gasteiger partial charge on any atom is 0.261 e. The molecular weight excluding hydrogens is 622 g/mol. The van der Waals surface area contributed by atoms with Crippen LogP contribution in [0.1, 0.15) is 28.8 Å². The third-order valence-electron chi connectivity index (χ3n) is 8.95. The Kier molecular flexibility index (Phi) is 9.60. The van der Waals surface area contributed by atoms with Gasteiger partial charge in [-0.2, -0.15) is 5.10 Å². The number of amides is 1. The van der Waals surface area contributed by atoms with E-state index in [1.54, 1.807) is 36.9 Å². The smallest absolute Gasteiger partial charge is 0.261 e. The number of rotatable bonds is 9. The summed E-state index contributed by atoms with van der Waals surface area (Å²) in [6.07, 6.45) is 12.3. The maximum atomic E-state index is 13.7. The van der Waals surface area contributed by atoms with Crippen molar-refractivity contribution in [3.8, 4) is 33.5 Å². The van der Waals surface area contributed by atoms with Gasteiger partial charge in [0.1, 0.15) is 17.5 Å². The summed E-state index contributed by atoms with van der Waals surface area (Å²) in [5, 5.41) is 7.35. The van der Waals surface area contributed by atoms with E-state index < -0.39 is 5.91 Å². The highest BCUT2D eigenvalue weighted by Gasteiger charge is 2.20. The summed E-state index contributed by atoms with van der Waals surface area (Å²) in [6, 6.07) is 13.2. The average molecular weight is 662 g/mol. The van der Waals surface area contributed by atoms with E-state index in [4.69, 9.17) is 19.9 Å². The number of nitrogens with zero attached hydrogens (tertiary/aromatic N) is 5. The Morgan fingerprint density at radius 1 is 0.878 bits per heavy atom. The number of nitrogens with two attached hydrogens (primary N) is 1. The normalized spacial score (nSPS) is 16.8. The van der Waals surface area contributed by atoms with Crippen LogP contribution in [0.5, 0.6) is 0 Å². The number of nitrogens with one attached hydrogen (secondary N) is 1. The van der Waals surface area contributed by atoms with Gasteiger partial charge in [-0.1, -0.05) is 29.8 Å². The Bertz CT molecular complexity index is 1980. The molecule has 12 nitrogen and oxygen atoms in total. The molecule has 49 heavy (non-hydrogen) atoms. The molecule has 3 N–H and O–H groups in total. The molecule has 2 fully saturated rings. The van der Waals surface area contributed by atoms with Crippen molar-refractivity contribution in [2.45, 2.75) is 39.0 Å². The molecule has 0 saturated carbocycles. The molecule has 1 aromatic carbocycles. The lowest BCUT2D eigenvalue weighted by molar-refractivity contribution is -0.0946. The van der Waals surface area contributed by atoms with Crippen LogP contribution in [0.15, 0.2) is 84.4 Å². The number of aryl methyl sites for hydroxylation is 1.